The van der Waals surface area contributed by atoms with Gasteiger partial charge in [0.1, 0.15) is 5.75 Å². The first-order valence-electron chi connectivity index (χ1n) is 8.19. The fourth-order valence-electron chi connectivity index (χ4n) is 2.98. The summed E-state index contributed by atoms with van der Waals surface area (Å²) in [6.07, 6.45) is -1.40. The molecule has 0 spiro atoms. The molecule has 5 heteroatoms. The quantitative estimate of drug-likeness (QED) is 0.730. The van der Waals surface area contributed by atoms with Gasteiger partial charge in [-0.2, -0.15) is 13.2 Å². The second kappa shape index (κ2) is 8.04. The second-order valence-corrected chi connectivity index (χ2v) is 6.55. The summed E-state index contributed by atoms with van der Waals surface area (Å²) in [7, 11) is 1.08. The molecule has 1 unspecified atom stereocenters. The van der Waals surface area contributed by atoms with Gasteiger partial charge in [0, 0.05) is 13.5 Å². The number of ether oxygens (including phenoxy) is 2. The molecule has 1 fully saturated rings. The molecule has 0 radical (unpaired) electrons. The van der Waals surface area contributed by atoms with Crippen molar-refractivity contribution >= 4 is 0 Å². The SMILES string of the molecule is COC(Cc1ccc(OCC2CCC(C)CC2)cc1)C(F)(F)F. The van der Waals surface area contributed by atoms with Gasteiger partial charge in [-0.1, -0.05) is 31.9 Å². The highest BCUT2D eigenvalue weighted by Gasteiger charge is 2.39. The minimum atomic E-state index is -4.35. The molecule has 1 aliphatic carbocycles. The smallest absolute Gasteiger partial charge is 0.414 e. The van der Waals surface area contributed by atoms with Crippen LogP contribution in [0.25, 0.3) is 0 Å². The molecule has 23 heavy (non-hydrogen) atoms. The van der Waals surface area contributed by atoms with E-state index >= 15 is 0 Å². The van der Waals surface area contributed by atoms with Crippen molar-refractivity contribution < 1.29 is 22.6 Å². The predicted molar refractivity (Wildman–Crippen MR) is 83.6 cm³/mol. The van der Waals surface area contributed by atoms with Crippen LogP contribution in [-0.2, 0) is 11.2 Å². The second-order valence-electron chi connectivity index (χ2n) is 6.55. The summed E-state index contributed by atoms with van der Waals surface area (Å²) in [4.78, 5) is 0. The Bertz CT molecular complexity index is 462. The lowest BCUT2D eigenvalue weighted by Gasteiger charge is -2.26. The van der Waals surface area contributed by atoms with Crippen LogP contribution in [0, 0.1) is 11.8 Å². The van der Waals surface area contributed by atoms with Gasteiger partial charge in [0.15, 0.2) is 6.10 Å². The molecule has 0 aliphatic heterocycles. The van der Waals surface area contributed by atoms with Crippen molar-refractivity contribution in [3.05, 3.63) is 29.8 Å². The monoisotopic (exact) mass is 330 g/mol. The Hall–Kier alpha value is -1.23. The Morgan fingerprint density at radius 2 is 1.70 bits per heavy atom. The summed E-state index contributed by atoms with van der Waals surface area (Å²) in [5.74, 6) is 2.12. The van der Waals surface area contributed by atoms with E-state index in [1.165, 1.54) is 25.7 Å². The van der Waals surface area contributed by atoms with Crippen LogP contribution < -0.4 is 4.74 Å². The predicted octanol–water partition coefficient (Wildman–Crippen LogP) is 5.01. The average molecular weight is 330 g/mol. The Kier molecular flexibility index (Phi) is 6.33. The minimum Gasteiger partial charge on any atom is -0.493 e. The molecule has 1 aromatic carbocycles. The maximum Gasteiger partial charge on any atom is 0.414 e. The largest absolute Gasteiger partial charge is 0.493 e. The number of hydrogen-bond donors (Lipinski definition) is 0. The summed E-state index contributed by atoms with van der Waals surface area (Å²) in [5, 5.41) is 0. The molecule has 2 nitrogen and oxygen atoms in total. The minimum absolute atomic E-state index is 0.180. The van der Waals surface area contributed by atoms with E-state index in [-0.39, 0.29) is 6.42 Å². The van der Waals surface area contributed by atoms with E-state index in [0.29, 0.717) is 23.8 Å². The van der Waals surface area contributed by atoms with Gasteiger partial charge in [-0.3, -0.25) is 0 Å². The molecule has 0 bridgehead atoms. The standard InChI is InChI=1S/C18H25F3O2/c1-13-3-5-15(6-4-13)12-23-16-9-7-14(8-10-16)11-17(22-2)18(19,20)21/h7-10,13,15,17H,3-6,11-12H2,1-2H3. The fourth-order valence-corrected chi connectivity index (χ4v) is 2.98. The van der Waals surface area contributed by atoms with Crippen LogP contribution in [0.2, 0.25) is 0 Å². The molecular weight excluding hydrogens is 305 g/mol. The number of alkyl halides is 3. The van der Waals surface area contributed by atoms with Gasteiger partial charge < -0.3 is 9.47 Å². The third kappa shape index (κ3) is 5.72. The number of hydrogen-bond acceptors (Lipinski definition) is 2. The van der Waals surface area contributed by atoms with Gasteiger partial charge in [-0.25, -0.2) is 0 Å². The van der Waals surface area contributed by atoms with E-state index in [4.69, 9.17) is 4.74 Å². The topological polar surface area (TPSA) is 18.5 Å². The summed E-state index contributed by atoms with van der Waals surface area (Å²) >= 11 is 0. The van der Waals surface area contributed by atoms with Gasteiger partial charge in [0.2, 0.25) is 0 Å². The van der Waals surface area contributed by atoms with Crippen molar-refractivity contribution in [1.29, 1.82) is 0 Å². The van der Waals surface area contributed by atoms with Crippen LogP contribution in [0.1, 0.15) is 38.2 Å². The molecule has 2 rings (SSSR count). The van der Waals surface area contributed by atoms with Crippen molar-refractivity contribution in [1.82, 2.24) is 0 Å². The molecular formula is C18H25F3O2. The van der Waals surface area contributed by atoms with Crippen LogP contribution in [0.3, 0.4) is 0 Å². The first-order valence-corrected chi connectivity index (χ1v) is 8.19. The summed E-state index contributed by atoms with van der Waals surface area (Å²) < 4.78 is 48.4. The van der Waals surface area contributed by atoms with Gasteiger partial charge in [-0.05, 0) is 42.4 Å². The molecule has 0 heterocycles. The van der Waals surface area contributed by atoms with Crippen LogP contribution >= 0.6 is 0 Å². The molecule has 0 N–H and O–H groups in total. The van der Waals surface area contributed by atoms with Crippen LogP contribution in [0.4, 0.5) is 13.2 Å². The zero-order valence-electron chi connectivity index (χ0n) is 13.7. The van der Waals surface area contributed by atoms with Crippen molar-refractivity contribution in [3.8, 4) is 5.75 Å². The molecule has 1 saturated carbocycles. The molecule has 1 aliphatic rings. The number of halogens is 3. The number of rotatable bonds is 6. The fraction of sp³-hybridized carbons (Fsp3) is 0.667. The molecule has 130 valence electrons. The summed E-state index contributed by atoms with van der Waals surface area (Å²) in [5.41, 5.74) is 0.591. The van der Waals surface area contributed by atoms with Gasteiger partial charge in [0.25, 0.3) is 0 Å². The van der Waals surface area contributed by atoms with Crippen molar-refractivity contribution in [2.75, 3.05) is 13.7 Å². The van der Waals surface area contributed by atoms with Crippen LogP contribution in [0.5, 0.6) is 5.75 Å². The molecule has 0 saturated heterocycles. The lowest BCUT2D eigenvalue weighted by Crippen LogP contribution is -2.32. The lowest BCUT2D eigenvalue weighted by molar-refractivity contribution is -0.212. The van der Waals surface area contributed by atoms with Crippen LogP contribution in [0.15, 0.2) is 24.3 Å². The first-order chi connectivity index (χ1) is 10.9. The summed E-state index contributed by atoms with van der Waals surface area (Å²) in [6.45, 7) is 2.97. The van der Waals surface area contributed by atoms with E-state index in [9.17, 15) is 13.2 Å². The summed E-state index contributed by atoms with van der Waals surface area (Å²) in [6, 6.07) is 6.83. The van der Waals surface area contributed by atoms with Gasteiger partial charge >= 0.3 is 6.18 Å². The normalized spacial score (nSPS) is 23.5. The van der Waals surface area contributed by atoms with E-state index in [1.807, 2.05) is 0 Å². The third-order valence-corrected chi connectivity index (χ3v) is 4.62. The Morgan fingerprint density at radius 3 is 2.22 bits per heavy atom. The third-order valence-electron chi connectivity index (χ3n) is 4.62. The van der Waals surface area contributed by atoms with Crippen molar-refractivity contribution in [2.45, 2.75) is 51.3 Å². The van der Waals surface area contributed by atoms with E-state index in [0.717, 1.165) is 13.0 Å². The zero-order chi connectivity index (χ0) is 16.9. The molecule has 1 atom stereocenters. The highest BCUT2D eigenvalue weighted by Crippen LogP contribution is 2.29. The first kappa shape index (κ1) is 18.1. The Balaban J connectivity index is 1.82. The van der Waals surface area contributed by atoms with Gasteiger partial charge in [0.05, 0.1) is 6.61 Å². The average Bonchev–Trinajstić information content (AvgIpc) is 2.52. The van der Waals surface area contributed by atoms with Crippen molar-refractivity contribution in [2.24, 2.45) is 11.8 Å². The lowest BCUT2D eigenvalue weighted by atomic mass is 9.83. The molecule has 0 aromatic heterocycles. The van der Waals surface area contributed by atoms with E-state index in [1.54, 1.807) is 24.3 Å². The van der Waals surface area contributed by atoms with E-state index in [2.05, 4.69) is 11.7 Å². The molecule has 0 amide bonds. The Labute approximate surface area is 136 Å². The Morgan fingerprint density at radius 1 is 1.09 bits per heavy atom. The number of benzene rings is 1. The highest BCUT2D eigenvalue weighted by molar-refractivity contribution is 5.27. The molecule has 1 aromatic rings. The van der Waals surface area contributed by atoms with Crippen LogP contribution in [-0.4, -0.2) is 26.0 Å². The number of methoxy groups -OCH3 is 1. The maximum absolute atomic E-state index is 12.7. The highest BCUT2D eigenvalue weighted by atomic mass is 19.4. The zero-order valence-corrected chi connectivity index (χ0v) is 13.7. The van der Waals surface area contributed by atoms with Gasteiger partial charge in [-0.15, -0.1) is 0 Å². The maximum atomic E-state index is 12.7. The van der Waals surface area contributed by atoms with Crippen molar-refractivity contribution in [3.63, 3.8) is 0 Å². The van der Waals surface area contributed by atoms with E-state index < -0.39 is 12.3 Å².